The van der Waals surface area contributed by atoms with Crippen LogP contribution in [0, 0.1) is 0 Å². The summed E-state index contributed by atoms with van der Waals surface area (Å²) in [6.07, 6.45) is 3.48. The summed E-state index contributed by atoms with van der Waals surface area (Å²) in [5.74, 6) is -1.53. The lowest BCUT2D eigenvalue weighted by molar-refractivity contribution is -0.131. The lowest BCUT2D eigenvalue weighted by Crippen LogP contribution is -2.03. The van der Waals surface area contributed by atoms with Crippen LogP contribution in [0.3, 0.4) is 0 Å². The smallest absolute Gasteiger partial charge is 0.328 e. The van der Waals surface area contributed by atoms with Crippen molar-refractivity contribution in [1.82, 2.24) is 4.98 Å². The molecule has 0 spiro atoms. The number of rotatable bonds is 2. The molecule has 0 aliphatic heterocycles. The minimum Gasteiger partial charge on any atom is -0.503 e. The third kappa shape index (κ3) is 2.48. The molecule has 0 aliphatic rings. The average molecular weight is 181 g/mol. The number of nitrogens with one attached hydrogen (secondary N) is 1. The van der Waals surface area contributed by atoms with Crippen molar-refractivity contribution in [1.29, 1.82) is 0 Å². The van der Waals surface area contributed by atoms with Gasteiger partial charge < -0.3 is 15.2 Å². The average Bonchev–Trinajstić information content (AvgIpc) is 2.07. The minimum absolute atomic E-state index is 0.416. The van der Waals surface area contributed by atoms with Crippen LogP contribution in [-0.4, -0.2) is 21.2 Å². The summed E-state index contributed by atoms with van der Waals surface area (Å²) in [7, 11) is 0. The second-order valence-corrected chi connectivity index (χ2v) is 2.32. The number of pyridine rings is 1. The van der Waals surface area contributed by atoms with E-state index in [4.69, 9.17) is 10.2 Å². The van der Waals surface area contributed by atoms with Crippen molar-refractivity contribution in [3.05, 3.63) is 34.3 Å². The van der Waals surface area contributed by atoms with Crippen LogP contribution in [0.4, 0.5) is 0 Å². The second-order valence-electron chi connectivity index (χ2n) is 2.32. The molecule has 1 rings (SSSR count). The Morgan fingerprint density at radius 1 is 1.54 bits per heavy atom. The molecule has 0 unspecified atom stereocenters. The summed E-state index contributed by atoms with van der Waals surface area (Å²) in [5, 5.41) is 17.2. The Hall–Kier alpha value is -2.04. The Labute approximate surface area is 73.0 Å². The van der Waals surface area contributed by atoms with E-state index in [-0.39, 0.29) is 0 Å². The van der Waals surface area contributed by atoms with Crippen LogP contribution >= 0.6 is 0 Å². The molecule has 1 aromatic heterocycles. The maximum atomic E-state index is 10.7. The Kier molecular flexibility index (Phi) is 2.49. The van der Waals surface area contributed by atoms with E-state index in [0.717, 1.165) is 6.08 Å². The molecule has 68 valence electrons. The van der Waals surface area contributed by atoms with Gasteiger partial charge in [0.05, 0.1) is 0 Å². The molecule has 0 bridgehead atoms. The highest BCUT2D eigenvalue weighted by Crippen LogP contribution is 2.04. The summed E-state index contributed by atoms with van der Waals surface area (Å²) < 4.78 is 0. The molecule has 5 heteroatoms. The Morgan fingerprint density at radius 3 is 2.77 bits per heavy atom. The molecule has 0 amide bonds. The molecule has 0 radical (unpaired) electrons. The summed E-state index contributed by atoms with van der Waals surface area (Å²) in [6, 6.07) is 1.18. The fraction of sp³-hybridized carbons (Fsp3) is 0. The highest BCUT2D eigenvalue weighted by Gasteiger charge is 1.96. The van der Waals surface area contributed by atoms with Gasteiger partial charge in [0.15, 0.2) is 5.75 Å². The van der Waals surface area contributed by atoms with Crippen LogP contribution in [0.1, 0.15) is 5.56 Å². The van der Waals surface area contributed by atoms with Crippen LogP contribution in [0.15, 0.2) is 23.1 Å². The zero-order valence-electron chi connectivity index (χ0n) is 6.52. The van der Waals surface area contributed by atoms with Crippen LogP contribution < -0.4 is 5.56 Å². The van der Waals surface area contributed by atoms with Gasteiger partial charge in [-0.15, -0.1) is 0 Å². The number of H-pyrrole nitrogens is 1. The lowest BCUT2D eigenvalue weighted by Gasteiger charge is -1.92. The zero-order valence-corrected chi connectivity index (χ0v) is 6.52. The molecule has 5 nitrogen and oxygen atoms in total. The molecule has 0 aliphatic carbocycles. The van der Waals surface area contributed by atoms with Crippen molar-refractivity contribution in [3.63, 3.8) is 0 Å². The van der Waals surface area contributed by atoms with Crippen molar-refractivity contribution >= 4 is 12.0 Å². The summed E-state index contributed by atoms with van der Waals surface area (Å²) in [5.41, 5.74) is -0.188. The van der Waals surface area contributed by atoms with Gasteiger partial charge in [0.1, 0.15) is 0 Å². The van der Waals surface area contributed by atoms with E-state index in [1.165, 1.54) is 18.3 Å². The van der Waals surface area contributed by atoms with Gasteiger partial charge in [-0.05, 0) is 17.7 Å². The predicted octanol–water partition coefficient (Wildman–Crippen LogP) is 0.178. The standard InChI is InChI=1S/C8H7NO4/c10-6-3-5(1-2-7(11)12)4-9-8(6)13/h1-4,10H,(H,9,13)(H,11,12). The third-order valence-corrected chi connectivity index (χ3v) is 1.32. The fourth-order valence-electron chi connectivity index (χ4n) is 0.752. The Balaban J connectivity index is 2.98. The van der Waals surface area contributed by atoms with Crippen LogP contribution in [0.5, 0.6) is 5.75 Å². The number of hydrogen-bond acceptors (Lipinski definition) is 3. The molecule has 13 heavy (non-hydrogen) atoms. The zero-order chi connectivity index (χ0) is 9.84. The number of aromatic nitrogens is 1. The number of aromatic amines is 1. The number of carbonyl (C=O) groups is 1. The highest BCUT2D eigenvalue weighted by molar-refractivity contribution is 5.85. The van der Waals surface area contributed by atoms with Crippen molar-refractivity contribution in [2.24, 2.45) is 0 Å². The fourth-order valence-corrected chi connectivity index (χ4v) is 0.752. The van der Waals surface area contributed by atoms with Gasteiger partial charge in [-0.25, -0.2) is 4.79 Å². The first kappa shape index (κ1) is 9.05. The normalized spacial score (nSPS) is 10.5. The van der Waals surface area contributed by atoms with Gasteiger partial charge >= 0.3 is 5.97 Å². The summed E-state index contributed by atoms with van der Waals surface area (Å²) in [4.78, 5) is 23.0. The number of carboxylic acids is 1. The molecule has 0 fully saturated rings. The molecular weight excluding hydrogens is 174 g/mol. The van der Waals surface area contributed by atoms with Crippen LogP contribution in [0.25, 0.3) is 6.08 Å². The van der Waals surface area contributed by atoms with Crippen molar-refractivity contribution < 1.29 is 15.0 Å². The quantitative estimate of drug-likeness (QED) is 0.567. The molecule has 1 aromatic rings. The van der Waals surface area contributed by atoms with Gasteiger partial charge in [-0.1, -0.05) is 0 Å². The Morgan fingerprint density at radius 2 is 2.23 bits per heavy atom. The number of carboxylic acid groups (broad SMARTS) is 1. The topological polar surface area (TPSA) is 90.4 Å². The first-order valence-electron chi connectivity index (χ1n) is 3.42. The largest absolute Gasteiger partial charge is 0.503 e. The lowest BCUT2D eigenvalue weighted by atomic mass is 10.2. The number of aliphatic carboxylic acids is 1. The second kappa shape index (κ2) is 3.57. The maximum absolute atomic E-state index is 10.7. The molecular formula is C8H7NO4. The van der Waals surface area contributed by atoms with Crippen molar-refractivity contribution in [2.45, 2.75) is 0 Å². The van der Waals surface area contributed by atoms with Gasteiger partial charge in [0.2, 0.25) is 0 Å². The SMILES string of the molecule is O=C(O)C=Cc1c[nH]c(=O)c(O)c1. The highest BCUT2D eigenvalue weighted by atomic mass is 16.4. The maximum Gasteiger partial charge on any atom is 0.328 e. The van der Waals surface area contributed by atoms with E-state index in [1.54, 1.807) is 0 Å². The molecule has 0 aromatic carbocycles. The van der Waals surface area contributed by atoms with E-state index >= 15 is 0 Å². The first-order valence-corrected chi connectivity index (χ1v) is 3.42. The van der Waals surface area contributed by atoms with Gasteiger partial charge in [-0.2, -0.15) is 0 Å². The van der Waals surface area contributed by atoms with Gasteiger partial charge in [0.25, 0.3) is 5.56 Å². The first-order chi connectivity index (χ1) is 6.09. The molecule has 1 heterocycles. The van der Waals surface area contributed by atoms with E-state index < -0.39 is 17.3 Å². The van der Waals surface area contributed by atoms with Gasteiger partial charge in [-0.3, -0.25) is 4.79 Å². The van der Waals surface area contributed by atoms with Crippen LogP contribution in [-0.2, 0) is 4.79 Å². The van der Waals surface area contributed by atoms with E-state index in [9.17, 15) is 9.59 Å². The van der Waals surface area contributed by atoms with Crippen molar-refractivity contribution in [3.8, 4) is 5.75 Å². The number of hydrogen-bond donors (Lipinski definition) is 3. The predicted molar refractivity (Wildman–Crippen MR) is 45.4 cm³/mol. The summed E-state index contributed by atoms with van der Waals surface area (Å²) in [6.45, 7) is 0. The number of aromatic hydroxyl groups is 1. The van der Waals surface area contributed by atoms with E-state index in [1.807, 2.05) is 0 Å². The molecule has 3 N–H and O–H groups in total. The minimum atomic E-state index is -1.09. The monoisotopic (exact) mass is 181 g/mol. The van der Waals surface area contributed by atoms with Crippen LogP contribution in [0.2, 0.25) is 0 Å². The van der Waals surface area contributed by atoms with E-state index in [2.05, 4.69) is 4.98 Å². The third-order valence-electron chi connectivity index (χ3n) is 1.32. The summed E-state index contributed by atoms with van der Waals surface area (Å²) >= 11 is 0. The molecule has 0 atom stereocenters. The van der Waals surface area contributed by atoms with Crippen molar-refractivity contribution in [2.75, 3.05) is 0 Å². The van der Waals surface area contributed by atoms with Gasteiger partial charge in [0, 0.05) is 12.3 Å². The van der Waals surface area contributed by atoms with E-state index in [0.29, 0.717) is 5.56 Å². The Bertz CT molecular complexity index is 405. The molecule has 0 saturated carbocycles. The molecule has 0 saturated heterocycles.